The highest BCUT2D eigenvalue weighted by atomic mass is 19.4. The van der Waals surface area contributed by atoms with Crippen molar-refractivity contribution in [2.45, 2.75) is 6.18 Å². The van der Waals surface area contributed by atoms with Gasteiger partial charge in [-0.3, -0.25) is 4.79 Å². The van der Waals surface area contributed by atoms with E-state index in [4.69, 9.17) is 4.74 Å². The van der Waals surface area contributed by atoms with Gasteiger partial charge in [-0.15, -0.1) is 0 Å². The number of alkyl halides is 3. The maximum atomic E-state index is 12.7. The van der Waals surface area contributed by atoms with Crippen molar-refractivity contribution in [2.75, 3.05) is 12.4 Å². The summed E-state index contributed by atoms with van der Waals surface area (Å²) < 4.78 is 43.3. The number of ether oxygens (including phenoxy) is 1. The van der Waals surface area contributed by atoms with E-state index >= 15 is 0 Å². The third-order valence-electron chi connectivity index (χ3n) is 3.25. The molecular weight excluding hydrogens is 333 g/mol. The number of rotatable bonds is 4. The quantitative estimate of drug-likeness (QED) is 0.665. The second-order valence-corrected chi connectivity index (χ2v) is 4.94. The molecule has 0 fully saturated rings. The standard InChI is InChI=1S/C18H13F3N2O2/c1-25-16-8-3-2-5-12(16)9-13(11-22)17(24)23-15-7-4-6-14(10-15)18(19,20)21/h2-10H,1H3,(H,23,24). The van der Waals surface area contributed by atoms with Gasteiger partial charge in [-0.1, -0.05) is 24.3 Å². The molecule has 25 heavy (non-hydrogen) atoms. The molecule has 4 nitrogen and oxygen atoms in total. The average Bonchev–Trinajstić information content (AvgIpc) is 2.59. The lowest BCUT2D eigenvalue weighted by Gasteiger charge is -2.10. The second kappa shape index (κ2) is 7.53. The summed E-state index contributed by atoms with van der Waals surface area (Å²) in [4.78, 5) is 12.2. The number of halogens is 3. The molecule has 1 N–H and O–H groups in total. The maximum absolute atomic E-state index is 12.7. The van der Waals surface area contributed by atoms with Crippen LogP contribution in [0, 0.1) is 11.3 Å². The molecule has 0 radical (unpaired) electrons. The molecule has 0 aliphatic heterocycles. The second-order valence-electron chi connectivity index (χ2n) is 4.94. The van der Waals surface area contributed by atoms with Crippen LogP contribution < -0.4 is 10.1 Å². The molecular formula is C18H13F3N2O2. The van der Waals surface area contributed by atoms with Crippen LogP contribution in [0.1, 0.15) is 11.1 Å². The van der Waals surface area contributed by atoms with E-state index in [0.29, 0.717) is 11.3 Å². The Hall–Kier alpha value is -3.27. The molecule has 0 saturated heterocycles. The normalized spacial score (nSPS) is 11.6. The van der Waals surface area contributed by atoms with E-state index < -0.39 is 17.6 Å². The van der Waals surface area contributed by atoms with Gasteiger partial charge in [0.2, 0.25) is 0 Å². The van der Waals surface area contributed by atoms with Gasteiger partial charge in [-0.25, -0.2) is 0 Å². The fourth-order valence-corrected chi connectivity index (χ4v) is 2.06. The number of carbonyl (C=O) groups excluding carboxylic acids is 1. The molecule has 0 heterocycles. The third-order valence-corrected chi connectivity index (χ3v) is 3.25. The number of hydrogen-bond acceptors (Lipinski definition) is 3. The van der Waals surface area contributed by atoms with E-state index in [1.165, 1.54) is 25.3 Å². The van der Waals surface area contributed by atoms with Gasteiger partial charge in [0, 0.05) is 11.3 Å². The van der Waals surface area contributed by atoms with Gasteiger partial charge in [0.05, 0.1) is 12.7 Å². The van der Waals surface area contributed by atoms with E-state index in [9.17, 15) is 23.2 Å². The highest BCUT2D eigenvalue weighted by Gasteiger charge is 2.30. The Labute approximate surface area is 142 Å². The number of carbonyl (C=O) groups is 1. The Morgan fingerprint density at radius 2 is 1.92 bits per heavy atom. The first kappa shape index (κ1) is 18.1. The molecule has 7 heteroatoms. The summed E-state index contributed by atoms with van der Waals surface area (Å²) in [5, 5.41) is 11.5. The summed E-state index contributed by atoms with van der Waals surface area (Å²) in [6.45, 7) is 0. The number of amides is 1. The number of methoxy groups -OCH3 is 1. The highest BCUT2D eigenvalue weighted by molar-refractivity contribution is 6.09. The van der Waals surface area contributed by atoms with Crippen molar-refractivity contribution in [3.63, 3.8) is 0 Å². The van der Waals surface area contributed by atoms with Crippen LogP contribution in [0.2, 0.25) is 0 Å². The maximum Gasteiger partial charge on any atom is 0.416 e. The van der Waals surface area contributed by atoms with Crippen LogP contribution in [0.4, 0.5) is 18.9 Å². The van der Waals surface area contributed by atoms with E-state index in [1.54, 1.807) is 30.3 Å². The Bertz CT molecular complexity index is 852. The third kappa shape index (κ3) is 4.61. The van der Waals surface area contributed by atoms with Gasteiger partial charge in [0.25, 0.3) is 5.91 Å². The minimum Gasteiger partial charge on any atom is -0.496 e. The predicted molar refractivity (Wildman–Crippen MR) is 86.7 cm³/mol. The van der Waals surface area contributed by atoms with E-state index in [1.807, 2.05) is 0 Å². The van der Waals surface area contributed by atoms with Crippen molar-refractivity contribution in [1.82, 2.24) is 0 Å². The summed E-state index contributed by atoms with van der Waals surface area (Å²) in [5.41, 5.74) is -0.707. The van der Waals surface area contributed by atoms with Crippen molar-refractivity contribution in [3.05, 3.63) is 65.2 Å². The molecule has 0 spiro atoms. The zero-order chi connectivity index (χ0) is 18.4. The van der Waals surface area contributed by atoms with Crippen LogP contribution in [-0.4, -0.2) is 13.0 Å². The van der Waals surface area contributed by atoms with Crippen molar-refractivity contribution < 1.29 is 22.7 Å². The van der Waals surface area contributed by atoms with Gasteiger partial charge in [0.1, 0.15) is 17.4 Å². The van der Waals surface area contributed by atoms with Crippen LogP contribution >= 0.6 is 0 Å². The number of nitrogens with zero attached hydrogens (tertiary/aromatic N) is 1. The fraction of sp³-hybridized carbons (Fsp3) is 0.111. The number of anilines is 1. The van der Waals surface area contributed by atoms with Crippen molar-refractivity contribution in [3.8, 4) is 11.8 Å². The van der Waals surface area contributed by atoms with Gasteiger partial charge in [-0.2, -0.15) is 18.4 Å². The Morgan fingerprint density at radius 3 is 2.56 bits per heavy atom. The Kier molecular flexibility index (Phi) is 5.45. The fourth-order valence-electron chi connectivity index (χ4n) is 2.06. The molecule has 0 aromatic heterocycles. The molecule has 128 valence electrons. The Morgan fingerprint density at radius 1 is 1.20 bits per heavy atom. The van der Waals surface area contributed by atoms with E-state index in [-0.39, 0.29) is 11.3 Å². The van der Waals surface area contributed by atoms with Crippen LogP contribution in [0.5, 0.6) is 5.75 Å². The first-order chi connectivity index (χ1) is 11.8. The molecule has 0 saturated carbocycles. The minimum absolute atomic E-state index is 0.0546. The number of nitriles is 1. The van der Waals surface area contributed by atoms with Gasteiger partial charge in [-0.05, 0) is 30.3 Å². The molecule has 0 unspecified atom stereocenters. The van der Waals surface area contributed by atoms with Crippen LogP contribution in [0.3, 0.4) is 0 Å². The number of para-hydroxylation sites is 1. The number of benzene rings is 2. The van der Waals surface area contributed by atoms with Crippen molar-refractivity contribution in [1.29, 1.82) is 5.26 Å². The van der Waals surface area contributed by atoms with Crippen molar-refractivity contribution >= 4 is 17.7 Å². The topological polar surface area (TPSA) is 62.1 Å². The first-order valence-electron chi connectivity index (χ1n) is 7.08. The summed E-state index contributed by atoms with van der Waals surface area (Å²) in [6, 6.07) is 12.7. The van der Waals surface area contributed by atoms with Crippen LogP contribution in [0.25, 0.3) is 6.08 Å². The first-order valence-corrected chi connectivity index (χ1v) is 7.08. The Balaban J connectivity index is 2.27. The van der Waals surface area contributed by atoms with Gasteiger partial charge in [0.15, 0.2) is 0 Å². The zero-order valence-electron chi connectivity index (χ0n) is 13.1. The summed E-state index contributed by atoms with van der Waals surface area (Å²) in [6.07, 6.45) is -3.21. The minimum atomic E-state index is -4.52. The van der Waals surface area contributed by atoms with Crippen molar-refractivity contribution in [2.24, 2.45) is 0 Å². The molecule has 2 rings (SSSR count). The largest absolute Gasteiger partial charge is 0.496 e. The lowest BCUT2D eigenvalue weighted by Crippen LogP contribution is -2.14. The van der Waals surface area contributed by atoms with E-state index in [2.05, 4.69) is 5.32 Å². The molecule has 1 amide bonds. The summed E-state index contributed by atoms with van der Waals surface area (Å²) >= 11 is 0. The van der Waals surface area contributed by atoms with E-state index in [0.717, 1.165) is 12.1 Å². The SMILES string of the molecule is COc1ccccc1C=C(C#N)C(=O)Nc1cccc(C(F)(F)F)c1. The molecule has 2 aromatic rings. The average molecular weight is 346 g/mol. The smallest absolute Gasteiger partial charge is 0.416 e. The lowest BCUT2D eigenvalue weighted by molar-refractivity contribution is -0.137. The predicted octanol–water partition coefficient (Wildman–Crippen LogP) is 4.26. The van der Waals surface area contributed by atoms with Gasteiger partial charge < -0.3 is 10.1 Å². The monoisotopic (exact) mass is 346 g/mol. The zero-order valence-corrected chi connectivity index (χ0v) is 13.1. The lowest BCUT2D eigenvalue weighted by atomic mass is 10.1. The molecule has 0 aliphatic carbocycles. The summed E-state index contributed by atoms with van der Waals surface area (Å²) in [7, 11) is 1.45. The van der Waals surface area contributed by atoms with Gasteiger partial charge >= 0.3 is 6.18 Å². The van der Waals surface area contributed by atoms with Crippen LogP contribution in [-0.2, 0) is 11.0 Å². The molecule has 0 bridgehead atoms. The summed E-state index contributed by atoms with van der Waals surface area (Å²) in [5.74, 6) is -0.352. The van der Waals surface area contributed by atoms with Crippen LogP contribution in [0.15, 0.2) is 54.1 Å². The number of nitrogens with one attached hydrogen (secondary N) is 1. The number of hydrogen-bond donors (Lipinski definition) is 1. The molecule has 2 aromatic carbocycles. The highest BCUT2D eigenvalue weighted by Crippen LogP contribution is 2.30. The molecule has 0 aliphatic rings. The molecule has 0 atom stereocenters.